The van der Waals surface area contributed by atoms with Gasteiger partial charge in [0.25, 0.3) is 0 Å². The van der Waals surface area contributed by atoms with Gasteiger partial charge >= 0.3 is 0 Å². The summed E-state index contributed by atoms with van der Waals surface area (Å²) in [6.45, 7) is 5.60. The number of hydrogen-bond acceptors (Lipinski definition) is 2. The number of hydrogen-bond donors (Lipinski definition) is 2. The Kier molecular flexibility index (Phi) is 4.43. The Morgan fingerprint density at radius 3 is 2.71 bits per heavy atom. The van der Waals surface area contributed by atoms with E-state index in [1.807, 2.05) is 0 Å². The van der Waals surface area contributed by atoms with Crippen molar-refractivity contribution in [3.63, 3.8) is 0 Å². The van der Waals surface area contributed by atoms with Crippen LogP contribution in [0.25, 0.3) is 0 Å². The highest BCUT2D eigenvalue weighted by Crippen LogP contribution is 2.30. The fourth-order valence-electron chi connectivity index (χ4n) is 3.17. The standard InChI is InChI=1S/C14H26N2O/c1-10(2)11-5-3-6-12(9-11)16-14(17)13-7-4-8-15-13/h10-13,15H,3-9H2,1-2H3,(H,16,17). The largest absolute Gasteiger partial charge is 0.352 e. The van der Waals surface area contributed by atoms with Gasteiger partial charge in [-0.1, -0.05) is 26.7 Å². The van der Waals surface area contributed by atoms with Crippen LogP contribution in [-0.4, -0.2) is 24.5 Å². The molecule has 1 aliphatic heterocycles. The van der Waals surface area contributed by atoms with E-state index in [0.717, 1.165) is 31.2 Å². The monoisotopic (exact) mass is 238 g/mol. The zero-order chi connectivity index (χ0) is 12.3. The molecule has 0 bridgehead atoms. The highest BCUT2D eigenvalue weighted by Gasteiger charge is 2.28. The summed E-state index contributed by atoms with van der Waals surface area (Å²) >= 11 is 0. The Hall–Kier alpha value is -0.570. The van der Waals surface area contributed by atoms with Gasteiger partial charge in [0.2, 0.25) is 5.91 Å². The number of rotatable bonds is 3. The molecule has 2 rings (SSSR count). The molecule has 1 heterocycles. The summed E-state index contributed by atoms with van der Waals surface area (Å²) in [6.07, 6.45) is 7.10. The quantitative estimate of drug-likeness (QED) is 0.790. The number of carbonyl (C=O) groups excluding carboxylic acids is 1. The minimum Gasteiger partial charge on any atom is -0.352 e. The molecule has 0 spiro atoms. The minimum atomic E-state index is 0.0782. The lowest BCUT2D eigenvalue weighted by Gasteiger charge is -2.32. The van der Waals surface area contributed by atoms with Crippen LogP contribution in [0.4, 0.5) is 0 Å². The molecule has 3 atom stereocenters. The third-order valence-electron chi connectivity index (χ3n) is 4.38. The van der Waals surface area contributed by atoms with Gasteiger partial charge in [0.15, 0.2) is 0 Å². The normalized spacial score (nSPS) is 33.9. The summed E-state index contributed by atoms with van der Waals surface area (Å²) in [4.78, 5) is 12.0. The first-order valence-electron chi connectivity index (χ1n) is 7.20. The highest BCUT2D eigenvalue weighted by atomic mass is 16.2. The summed E-state index contributed by atoms with van der Waals surface area (Å²) in [5.41, 5.74) is 0. The van der Waals surface area contributed by atoms with E-state index in [2.05, 4.69) is 24.5 Å². The van der Waals surface area contributed by atoms with Gasteiger partial charge in [0, 0.05) is 6.04 Å². The molecular formula is C14H26N2O. The molecular weight excluding hydrogens is 212 g/mol. The second-order valence-electron chi connectivity index (χ2n) is 6.03. The van der Waals surface area contributed by atoms with Crippen LogP contribution < -0.4 is 10.6 Å². The minimum absolute atomic E-state index is 0.0782. The molecule has 2 fully saturated rings. The molecule has 2 aliphatic rings. The molecule has 0 aromatic heterocycles. The van der Waals surface area contributed by atoms with E-state index >= 15 is 0 Å². The Bertz CT molecular complexity index is 259. The van der Waals surface area contributed by atoms with E-state index in [9.17, 15) is 4.79 Å². The SMILES string of the molecule is CC(C)C1CCCC(NC(=O)C2CCCN2)C1. The predicted octanol–water partition coefficient (Wildman–Crippen LogP) is 2.07. The Morgan fingerprint density at radius 2 is 2.06 bits per heavy atom. The lowest BCUT2D eigenvalue weighted by Crippen LogP contribution is -2.47. The average molecular weight is 238 g/mol. The molecule has 2 N–H and O–H groups in total. The van der Waals surface area contributed by atoms with Gasteiger partial charge in [-0.15, -0.1) is 0 Å². The molecule has 1 amide bonds. The summed E-state index contributed by atoms with van der Waals surface area (Å²) < 4.78 is 0. The van der Waals surface area contributed by atoms with Gasteiger partial charge in [0.05, 0.1) is 6.04 Å². The van der Waals surface area contributed by atoms with Gasteiger partial charge in [-0.3, -0.25) is 4.79 Å². The van der Waals surface area contributed by atoms with Crippen molar-refractivity contribution in [3.8, 4) is 0 Å². The van der Waals surface area contributed by atoms with Crippen LogP contribution in [0.5, 0.6) is 0 Å². The fraction of sp³-hybridized carbons (Fsp3) is 0.929. The Morgan fingerprint density at radius 1 is 1.24 bits per heavy atom. The van der Waals surface area contributed by atoms with Crippen molar-refractivity contribution >= 4 is 5.91 Å². The van der Waals surface area contributed by atoms with Crippen molar-refractivity contribution in [2.45, 2.75) is 64.5 Å². The molecule has 0 aromatic carbocycles. The molecule has 0 aromatic rings. The van der Waals surface area contributed by atoms with E-state index in [4.69, 9.17) is 0 Å². The van der Waals surface area contributed by atoms with E-state index in [1.165, 1.54) is 25.7 Å². The van der Waals surface area contributed by atoms with Gasteiger partial charge in [-0.05, 0) is 44.1 Å². The topological polar surface area (TPSA) is 41.1 Å². The maximum atomic E-state index is 12.0. The molecule has 0 radical (unpaired) electrons. The fourth-order valence-corrected chi connectivity index (χ4v) is 3.17. The summed E-state index contributed by atoms with van der Waals surface area (Å²) in [7, 11) is 0. The first-order chi connectivity index (χ1) is 8.16. The molecule has 1 saturated carbocycles. The van der Waals surface area contributed by atoms with Crippen LogP contribution in [0, 0.1) is 11.8 Å². The van der Waals surface area contributed by atoms with Crippen LogP contribution >= 0.6 is 0 Å². The molecule has 1 saturated heterocycles. The maximum absolute atomic E-state index is 12.0. The third kappa shape index (κ3) is 3.44. The van der Waals surface area contributed by atoms with E-state index in [1.54, 1.807) is 0 Å². The van der Waals surface area contributed by atoms with Crippen LogP contribution in [0.15, 0.2) is 0 Å². The van der Waals surface area contributed by atoms with Crippen molar-refractivity contribution in [3.05, 3.63) is 0 Å². The third-order valence-corrected chi connectivity index (χ3v) is 4.38. The zero-order valence-electron chi connectivity index (χ0n) is 11.2. The van der Waals surface area contributed by atoms with Gasteiger partial charge in [0.1, 0.15) is 0 Å². The van der Waals surface area contributed by atoms with Crippen molar-refractivity contribution in [1.29, 1.82) is 0 Å². The predicted molar refractivity (Wildman–Crippen MR) is 69.8 cm³/mol. The number of nitrogens with one attached hydrogen (secondary N) is 2. The van der Waals surface area contributed by atoms with E-state index in [0.29, 0.717) is 6.04 Å². The van der Waals surface area contributed by atoms with Crippen LogP contribution in [-0.2, 0) is 4.79 Å². The molecule has 98 valence electrons. The highest BCUT2D eigenvalue weighted by molar-refractivity contribution is 5.82. The first kappa shape index (κ1) is 12.9. The van der Waals surface area contributed by atoms with Gasteiger partial charge < -0.3 is 10.6 Å². The van der Waals surface area contributed by atoms with Crippen molar-refractivity contribution in [1.82, 2.24) is 10.6 Å². The molecule has 3 nitrogen and oxygen atoms in total. The van der Waals surface area contributed by atoms with Crippen LogP contribution in [0.2, 0.25) is 0 Å². The second-order valence-corrected chi connectivity index (χ2v) is 6.03. The maximum Gasteiger partial charge on any atom is 0.237 e. The smallest absolute Gasteiger partial charge is 0.237 e. The van der Waals surface area contributed by atoms with E-state index < -0.39 is 0 Å². The lowest BCUT2D eigenvalue weighted by atomic mass is 9.79. The summed E-state index contributed by atoms with van der Waals surface area (Å²) in [5.74, 6) is 1.78. The lowest BCUT2D eigenvalue weighted by molar-refractivity contribution is -0.123. The van der Waals surface area contributed by atoms with Crippen molar-refractivity contribution in [2.24, 2.45) is 11.8 Å². The van der Waals surface area contributed by atoms with Crippen molar-refractivity contribution in [2.75, 3.05) is 6.54 Å². The van der Waals surface area contributed by atoms with Crippen LogP contribution in [0.3, 0.4) is 0 Å². The zero-order valence-corrected chi connectivity index (χ0v) is 11.2. The second kappa shape index (κ2) is 5.85. The van der Waals surface area contributed by atoms with Crippen LogP contribution in [0.1, 0.15) is 52.4 Å². The molecule has 3 heteroatoms. The van der Waals surface area contributed by atoms with Crippen molar-refractivity contribution < 1.29 is 4.79 Å². The van der Waals surface area contributed by atoms with E-state index in [-0.39, 0.29) is 11.9 Å². The summed E-state index contributed by atoms with van der Waals surface area (Å²) in [6, 6.07) is 0.500. The first-order valence-corrected chi connectivity index (χ1v) is 7.20. The summed E-state index contributed by atoms with van der Waals surface area (Å²) in [5, 5.41) is 6.51. The molecule has 17 heavy (non-hydrogen) atoms. The molecule has 3 unspecified atom stereocenters. The Labute approximate surface area is 105 Å². The number of carbonyl (C=O) groups is 1. The number of amides is 1. The van der Waals surface area contributed by atoms with Gasteiger partial charge in [-0.25, -0.2) is 0 Å². The van der Waals surface area contributed by atoms with Gasteiger partial charge in [-0.2, -0.15) is 0 Å². The molecule has 1 aliphatic carbocycles. The average Bonchev–Trinajstić information content (AvgIpc) is 2.82. The Balaban J connectivity index is 1.79.